The van der Waals surface area contributed by atoms with Crippen LogP contribution in [0.2, 0.25) is 0 Å². The molecular formula is C12H15N3O. The number of hydrogen-bond donors (Lipinski definition) is 1. The molecule has 1 aromatic heterocycles. The van der Waals surface area contributed by atoms with Gasteiger partial charge in [-0.3, -0.25) is 4.68 Å². The lowest BCUT2D eigenvalue weighted by Crippen LogP contribution is -1.94. The average Bonchev–Trinajstić information content (AvgIpc) is 2.54. The van der Waals surface area contributed by atoms with Gasteiger partial charge in [0, 0.05) is 18.2 Å². The molecule has 0 atom stereocenters. The Morgan fingerprint density at radius 3 is 2.31 bits per heavy atom. The van der Waals surface area contributed by atoms with Gasteiger partial charge in [-0.1, -0.05) is 0 Å². The number of aromatic nitrogens is 2. The van der Waals surface area contributed by atoms with E-state index in [1.54, 1.807) is 11.8 Å². The lowest BCUT2D eigenvalue weighted by molar-refractivity contribution is 0.415. The van der Waals surface area contributed by atoms with Gasteiger partial charge in [0.1, 0.15) is 11.6 Å². The zero-order valence-electron chi connectivity index (χ0n) is 9.69. The molecule has 0 aliphatic rings. The second kappa shape index (κ2) is 3.89. The third kappa shape index (κ3) is 1.62. The summed E-state index contributed by atoms with van der Waals surface area (Å²) in [6, 6.07) is 7.86. The maximum absolute atomic E-state index is 5.78. The summed E-state index contributed by atoms with van der Waals surface area (Å²) >= 11 is 0. The van der Waals surface area contributed by atoms with Gasteiger partial charge in [0.05, 0.1) is 12.8 Å². The Morgan fingerprint density at radius 2 is 1.88 bits per heavy atom. The molecule has 2 rings (SSSR count). The summed E-state index contributed by atoms with van der Waals surface area (Å²) in [6.07, 6.45) is 0. The lowest BCUT2D eigenvalue weighted by atomic mass is 10.1. The van der Waals surface area contributed by atoms with E-state index in [4.69, 9.17) is 10.5 Å². The van der Waals surface area contributed by atoms with Crippen LogP contribution in [-0.4, -0.2) is 16.9 Å². The van der Waals surface area contributed by atoms with Crippen LogP contribution in [0.1, 0.15) is 5.56 Å². The first-order valence-electron chi connectivity index (χ1n) is 5.07. The van der Waals surface area contributed by atoms with E-state index in [2.05, 4.69) is 5.10 Å². The quantitative estimate of drug-likeness (QED) is 0.836. The van der Waals surface area contributed by atoms with Crippen LogP contribution in [0, 0.1) is 6.92 Å². The summed E-state index contributed by atoms with van der Waals surface area (Å²) < 4.78 is 6.92. The molecule has 0 saturated heterocycles. The predicted octanol–water partition coefficient (Wildman–Crippen LogP) is 1.99. The van der Waals surface area contributed by atoms with E-state index in [1.165, 1.54) is 0 Å². The monoisotopic (exact) mass is 217 g/mol. The maximum Gasteiger partial charge on any atom is 0.148 e. The van der Waals surface area contributed by atoms with Crippen molar-refractivity contribution in [3.05, 3.63) is 29.8 Å². The molecule has 0 bridgehead atoms. The van der Waals surface area contributed by atoms with Crippen molar-refractivity contribution in [1.82, 2.24) is 9.78 Å². The Kier molecular flexibility index (Phi) is 2.56. The number of rotatable bonds is 2. The predicted molar refractivity (Wildman–Crippen MR) is 64.3 cm³/mol. The van der Waals surface area contributed by atoms with E-state index < -0.39 is 0 Å². The van der Waals surface area contributed by atoms with Crippen molar-refractivity contribution in [2.45, 2.75) is 6.92 Å². The highest BCUT2D eigenvalue weighted by molar-refractivity contribution is 5.68. The molecule has 0 spiro atoms. The number of anilines is 1. The van der Waals surface area contributed by atoms with Crippen molar-refractivity contribution in [2.24, 2.45) is 7.05 Å². The molecule has 0 saturated carbocycles. The lowest BCUT2D eigenvalue weighted by Gasteiger charge is -2.05. The second-order valence-electron chi connectivity index (χ2n) is 3.71. The van der Waals surface area contributed by atoms with E-state index >= 15 is 0 Å². The van der Waals surface area contributed by atoms with E-state index in [-0.39, 0.29) is 0 Å². The molecule has 4 heteroatoms. The van der Waals surface area contributed by atoms with Gasteiger partial charge < -0.3 is 10.5 Å². The molecule has 0 radical (unpaired) electrons. The number of nitrogens with two attached hydrogens (primary N) is 1. The molecule has 0 amide bonds. The van der Waals surface area contributed by atoms with Gasteiger partial charge in [-0.25, -0.2) is 0 Å². The van der Waals surface area contributed by atoms with Crippen LogP contribution in [-0.2, 0) is 7.05 Å². The van der Waals surface area contributed by atoms with E-state index in [0.717, 1.165) is 22.6 Å². The van der Waals surface area contributed by atoms with E-state index in [1.807, 2.05) is 38.2 Å². The van der Waals surface area contributed by atoms with Crippen LogP contribution >= 0.6 is 0 Å². The minimum absolute atomic E-state index is 0.577. The molecule has 1 aromatic carbocycles. The second-order valence-corrected chi connectivity index (χ2v) is 3.71. The van der Waals surface area contributed by atoms with Crippen molar-refractivity contribution < 1.29 is 4.74 Å². The van der Waals surface area contributed by atoms with E-state index in [9.17, 15) is 0 Å². The maximum atomic E-state index is 5.78. The van der Waals surface area contributed by atoms with Crippen LogP contribution < -0.4 is 10.5 Å². The highest BCUT2D eigenvalue weighted by atomic mass is 16.5. The van der Waals surface area contributed by atoms with Crippen molar-refractivity contribution >= 4 is 5.82 Å². The molecule has 4 nitrogen and oxygen atoms in total. The molecule has 16 heavy (non-hydrogen) atoms. The summed E-state index contributed by atoms with van der Waals surface area (Å²) in [5.74, 6) is 1.42. The molecule has 0 aliphatic carbocycles. The summed E-state index contributed by atoms with van der Waals surface area (Å²) in [6.45, 7) is 1.97. The summed E-state index contributed by atoms with van der Waals surface area (Å²) in [5, 5.41) is 4.19. The van der Waals surface area contributed by atoms with Gasteiger partial charge in [0.15, 0.2) is 0 Å². The minimum Gasteiger partial charge on any atom is -0.497 e. The van der Waals surface area contributed by atoms with Crippen LogP contribution in [0.5, 0.6) is 5.75 Å². The highest BCUT2D eigenvalue weighted by Crippen LogP contribution is 2.27. The molecule has 0 fully saturated rings. The molecule has 84 valence electrons. The van der Waals surface area contributed by atoms with Gasteiger partial charge in [-0.15, -0.1) is 0 Å². The third-order valence-corrected chi connectivity index (χ3v) is 2.68. The number of nitrogen functional groups attached to an aromatic ring is 1. The average molecular weight is 217 g/mol. The van der Waals surface area contributed by atoms with Crippen molar-refractivity contribution in [1.29, 1.82) is 0 Å². The van der Waals surface area contributed by atoms with Gasteiger partial charge in [0.2, 0.25) is 0 Å². The molecule has 2 N–H and O–H groups in total. The smallest absolute Gasteiger partial charge is 0.148 e. The number of hydrogen-bond acceptors (Lipinski definition) is 3. The Balaban J connectivity index is 2.50. The fraction of sp³-hybridized carbons (Fsp3) is 0.250. The fourth-order valence-corrected chi connectivity index (χ4v) is 1.80. The van der Waals surface area contributed by atoms with Crippen LogP contribution in [0.4, 0.5) is 5.82 Å². The number of benzene rings is 1. The summed E-state index contributed by atoms with van der Waals surface area (Å²) in [7, 11) is 3.55. The zero-order chi connectivity index (χ0) is 11.7. The first kappa shape index (κ1) is 10.5. The Bertz CT molecular complexity index is 500. The molecule has 0 unspecified atom stereocenters. The largest absolute Gasteiger partial charge is 0.497 e. The summed E-state index contributed by atoms with van der Waals surface area (Å²) in [4.78, 5) is 0. The first-order chi connectivity index (χ1) is 7.63. The standard InChI is InChI=1S/C12H15N3O/c1-8-11(15(2)14-12(8)13)9-4-6-10(16-3)7-5-9/h4-7H,1-3H3,(H2,13,14). The number of ether oxygens (including phenoxy) is 1. The summed E-state index contributed by atoms with van der Waals surface area (Å²) in [5.41, 5.74) is 8.92. The Hall–Kier alpha value is -1.97. The third-order valence-electron chi connectivity index (χ3n) is 2.68. The zero-order valence-corrected chi connectivity index (χ0v) is 9.69. The van der Waals surface area contributed by atoms with Gasteiger partial charge in [-0.05, 0) is 31.2 Å². The van der Waals surface area contributed by atoms with Crippen molar-refractivity contribution in [2.75, 3.05) is 12.8 Å². The van der Waals surface area contributed by atoms with Gasteiger partial charge in [-0.2, -0.15) is 5.10 Å². The van der Waals surface area contributed by atoms with Crippen LogP contribution in [0.3, 0.4) is 0 Å². The van der Waals surface area contributed by atoms with Crippen LogP contribution in [0.15, 0.2) is 24.3 Å². The fourth-order valence-electron chi connectivity index (χ4n) is 1.80. The number of nitrogens with zero attached hydrogens (tertiary/aromatic N) is 2. The number of aryl methyl sites for hydroxylation is 1. The van der Waals surface area contributed by atoms with Crippen molar-refractivity contribution in [3.8, 4) is 17.0 Å². The number of methoxy groups -OCH3 is 1. The van der Waals surface area contributed by atoms with Crippen LogP contribution in [0.25, 0.3) is 11.3 Å². The van der Waals surface area contributed by atoms with E-state index in [0.29, 0.717) is 5.82 Å². The minimum atomic E-state index is 0.577. The normalized spacial score (nSPS) is 10.4. The van der Waals surface area contributed by atoms with Gasteiger partial charge >= 0.3 is 0 Å². The Morgan fingerprint density at radius 1 is 1.25 bits per heavy atom. The van der Waals surface area contributed by atoms with Crippen molar-refractivity contribution in [3.63, 3.8) is 0 Å². The van der Waals surface area contributed by atoms with Gasteiger partial charge in [0.25, 0.3) is 0 Å². The highest BCUT2D eigenvalue weighted by Gasteiger charge is 2.11. The first-order valence-corrected chi connectivity index (χ1v) is 5.07. The molecule has 0 aliphatic heterocycles. The molecule has 2 aromatic rings. The molecule has 1 heterocycles. The molecular weight excluding hydrogens is 202 g/mol. The topological polar surface area (TPSA) is 53.1 Å². The Labute approximate surface area is 94.6 Å². The SMILES string of the molecule is COc1ccc(-c2c(C)c(N)nn2C)cc1.